The Morgan fingerprint density at radius 1 is 1.00 bits per heavy atom. The first-order chi connectivity index (χ1) is 13.3. The van der Waals surface area contributed by atoms with Gasteiger partial charge in [-0.15, -0.1) is 0 Å². The van der Waals surface area contributed by atoms with E-state index >= 15 is 0 Å². The normalized spacial score (nSPS) is 11.6. The number of aryl methyl sites for hydroxylation is 2. The molecular weight excluding hydrogens is 354 g/mol. The maximum atomic E-state index is 12.7. The van der Waals surface area contributed by atoms with Crippen LogP contribution in [-0.4, -0.2) is 43.4 Å². The SMILES string of the molecule is COc1ccc(OCCCC(=O)N(C)C(C)C(=O)c2ccc(C)c(C)c2)cc1. The van der Waals surface area contributed by atoms with Gasteiger partial charge < -0.3 is 14.4 Å². The Morgan fingerprint density at radius 3 is 2.25 bits per heavy atom. The number of likely N-dealkylation sites (N-methyl/N-ethyl adjacent to an activating group) is 1. The van der Waals surface area contributed by atoms with Crippen molar-refractivity contribution in [3.8, 4) is 11.5 Å². The molecule has 1 unspecified atom stereocenters. The number of carbonyl (C=O) groups excluding carboxylic acids is 2. The molecule has 0 aliphatic rings. The van der Waals surface area contributed by atoms with Gasteiger partial charge in [0, 0.05) is 19.0 Å². The third-order valence-corrected chi connectivity index (χ3v) is 5.01. The molecule has 0 saturated heterocycles. The van der Waals surface area contributed by atoms with Crippen LogP contribution in [-0.2, 0) is 4.79 Å². The van der Waals surface area contributed by atoms with Crippen LogP contribution in [0.5, 0.6) is 11.5 Å². The van der Waals surface area contributed by atoms with Crippen LogP contribution in [0.15, 0.2) is 42.5 Å². The van der Waals surface area contributed by atoms with Crippen LogP contribution in [0.25, 0.3) is 0 Å². The van der Waals surface area contributed by atoms with Crippen LogP contribution in [0.2, 0.25) is 0 Å². The highest BCUT2D eigenvalue weighted by atomic mass is 16.5. The second-order valence-electron chi connectivity index (χ2n) is 6.97. The van der Waals surface area contributed by atoms with Gasteiger partial charge in [0.2, 0.25) is 5.91 Å². The van der Waals surface area contributed by atoms with Crippen LogP contribution >= 0.6 is 0 Å². The molecule has 2 aromatic carbocycles. The number of rotatable bonds is 9. The fourth-order valence-corrected chi connectivity index (χ4v) is 2.79. The highest BCUT2D eigenvalue weighted by Crippen LogP contribution is 2.18. The largest absolute Gasteiger partial charge is 0.497 e. The molecule has 5 heteroatoms. The van der Waals surface area contributed by atoms with Gasteiger partial charge in [-0.25, -0.2) is 0 Å². The lowest BCUT2D eigenvalue weighted by molar-refractivity contribution is -0.131. The zero-order chi connectivity index (χ0) is 20.7. The van der Waals surface area contributed by atoms with Gasteiger partial charge in [-0.1, -0.05) is 12.1 Å². The third-order valence-electron chi connectivity index (χ3n) is 5.01. The smallest absolute Gasteiger partial charge is 0.223 e. The number of ether oxygens (including phenoxy) is 2. The lowest BCUT2D eigenvalue weighted by Gasteiger charge is -2.24. The van der Waals surface area contributed by atoms with Crippen molar-refractivity contribution in [1.82, 2.24) is 4.90 Å². The molecule has 0 fully saturated rings. The molecule has 0 heterocycles. The van der Waals surface area contributed by atoms with E-state index in [2.05, 4.69) is 0 Å². The number of ketones is 1. The molecule has 0 bridgehead atoms. The number of nitrogens with zero attached hydrogens (tertiary/aromatic N) is 1. The summed E-state index contributed by atoms with van der Waals surface area (Å²) in [4.78, 5) is 26.6. The summed E-state index contributed by atoms with van der Waals surface area (Å²) in [7, 11) is 3.29. The topological polar surface area (TPSA) is 55.8 Å². The Balaban J connectivity index is 1.81. The molecule has 1 amide bonds. The van der Waals surface area contributed by atoms with Crippen LogP contribution in [0.4, 0.5) is 0 Å². The summed E-state index contributed by atoms with van der Waals surface area (Å²) in [6.07, 6.45) is 0.914. The third kappa shape index (κ3) is 5.59. The summed E-state index contributed by atoms with van der Waals surface area (Å²) >= 11 is 0. The predicted molar refractivity (Wildman–Crippen MR) is 110 cm³/mol. The highest BCUT2D eigenvalue weighted by molar-refractivity contribution is 6.01. The summed E-state index contributed by atoms with van der Waals surface area (Å²) in [5, 5.41) is 0. The lowest BCUT2D eigenvalue weighted by Crippen LogP contribution is -2.40. The molecule has 0 aromatic heterocycles. The van der Waals surface area contributed by atoms with Gasteiger partial charge in [-0.05, 0) is 68.7 Å². The summed E-state index contributed by atoms with van der Waals surface area (Å²) in [5.41, 5.74) is 2.85. The summed E-state index contributed by atoms with van der Waals surface area (Å²) < 4.78 is 10.7. The van der Waals surface area contributed by atoms with Gasteiger partial charge in [-0.3, -0.25) is 9.59 Å². The molecule has 0 radical (unpaired) electrons. The average molecular weight is 383 g/mol. The number of amides is 1. The maximum absolute atomic E-state index is 12.7. The number of methoxy groups -OCH3 is 1. The molecule has 5 nitrogen and oxygen atoms in total. The van der Waals surface area contributed by atoms with Crippen LogP contribution in [0, 0.1) is 13.8 Å². The van der Waals surface area contributed by atoms with E-state index in [0.717, 1.165) is 22.6 Å². The van der Waals surface area contributed by atoms with Gasteiger partial charge in [0.1, 0.15) is 11.5 Å². The predicted octanol–water partition coefficient (Wildman–Crippen LogP) is 4.20. The van der Waals surface area contributed by atoms with E-state index in [9.17, 15) is 9.59 Å². The fourth-order valence-electron chi connectivity index (χ4n) is 2.79. The molecule has 0 aliphatic carbocycles. The van der Waals surface area contributed by atoms with E-state index in [1.807, 2.05) is 56.3 Å². The molecule has 0 N–H and O–H groups in total. The molecule has 2 aromatic rings. The highest BCUT2D eigenvalue weighted by Gasteiger charge is 2.23. The molecule has 28 heavy (non-hydrogen) atoms. The summed E-state index contributed by atoms with van der Waals surface area (Å²) in [6, 6.07) is 12.5. The Bertz CT molecular complexity index is 814. The van der Waals surface area contributed by atoms with Crippen LogP contribution in [0.3, 0.4) is 0 Å². The van der Waals surface area contributed by atoms with E-state index in [1.165, 1.54) is 4.90 Å². The Hall–Kier alpha value is -2.82. The van der Waals surface area contributed by atoms with E-state index in [4.69, 9.17) is 9.47 Å². The first kappa shape index (κ1) is 21.5. The van der Waals surface area contributed by atoms with Crippen LogP contribution < -0.4 is 9.47 Å². The van der Waals surface area contributed by atoms with E-state index in [-0.39, 0.29) is 11.7 Å². The van der Waals surface area contributed by atoms with E-state index < -0.39 is 6.04 Å². The van der Waals surface area contributed by atoms with Gasteiger partial charge in [-0.2, -0.15) is 0 Å². The van der Waals surface area contributed by atoms with Gasteiger partial charge in [0.15, 0.2) is 5.78 Å². The first-order valence-electron chi connectivity index (χ1n) is 9.47. The van der Waals surface area contributed by atoms with Crippen molar-refractivity contribution in [2.45, 2.75) is 39.7 Å². The maximum Gasteiger partial charge on any atom is 0.223 e. The van der Waals surface area contributed by atoms with E-state index in [0.29, 0.717) is 25.0 Å². The first-order valence-corrected chi connectivity index (χ1v) is 9.47. The molecule has 2 rings (SSSR count). The van der Waals surface area contributed by atoms with Gasteiger partial charge in [0.05, 0.1) is 19.8 Å². The summed E-state index contributed by atoms with van der Waals surface area (Å²) in [6.45, 7) is 6.19. The lowest BCUT2D eigenvalue weighted by atomic mass is 9.99. The second kappa shape index (κ2) is 9.93. The van der Waals surface area contributed by atoms with E-state index in [1.54, 1.807) is 21.1 Å². The number of hydrogen-bond donors (Lipinski definition) is 0. The number of hydrogen-bond acceptors (Lipinski definition) is 4. The minimum absolute atomic E-state index is 0.0477. The summed E-state index contributed by atoms with van der Waals surface area (Å²) in [5.74, 6) is 1.39. The van der Waals surface area contributed by atoms with Crippen molar-refractivity contribution >= 4 is 11.7 Å². The van der Waals surface area contributed by atoms with Crippen molar-refractivity contribution in [1.29, 1.82) is 0 Å². The second-order valence-corrected chi connectivity index (χ2v) is 6.97. The van der Waals surface area contributed by atoms with Crippen molar-refractivity contribution in [2.75, 3.05) is 20.8 Å². The minimum Gasteiger partial charge on any atom is -0.497 e. The van der Waals surface area contributed by atoms with Crippen molar-refractivity contribution < 1.29 is 19.1 Å². The minimum atomic E-state index is -0.503. The quantitative estimate of drug-likeness (QED) is 0.481. The number of Topliss-reactive ketones (excluding diaryl/α,β-unsaturated/α-hetero) is 1. The standard InChI is InChI=1S/C23H29NO4/c1-16-8-9-19(15-17(16)2)23(26)18(3)24(4)22(25)7-6-14-28-21-12-10-20(27-5)11-13-21/h8-13,15,18H,6-7,14H2,1-5H3. The molecular formula is C23H29NO4. The molecule has 150 valence electrons. The Morgan fingerprint density at radius 2 is 1.64 bits per heavy atom. The number of carbonyl (C=O) groups is 2. The fraction of sp³-hybridized carbons (Fsp3) is 0.391. The van der Waals surface area contributed by atoms with Crippen molar-refractivity contribution in [3.63, 3.8) is 0 Å². The number of benzene rings is 2. The van der Waals surface area contributed by atoms with Gasteiger partial charge >= 0.3 is 0 Å². The van der Waals surface area contributed by atoms with Gasteiger partial charge in [0.25, 0.3) is 0 Å². The average Bonchev–Trinajstić information content (AvgIpc) is 2.71. The molecule has 0 aliphatic heterocycles. The molecule has 1 atom stereocenters. The zero-order valence-corrected chi connectivity index (χ0v) is 17.3. The Labute approximate surface area is 167 Å². The van der Waals surface area contributed by atoms with Crippen LogP contribution in [0.1, 0.15) is 41.3 Å². The monoisotopic (exact) mass is 383 g/mol. The zero-order valence-electron chi connectivity index (χ0n) is 17.3. The molecule has 0 saturated carbocycles. The van der Waals surface area contributed by atoms with Crippen molar-refractivity contribution in [2.24, 2.45) is 0 Å². The van der Waals surface area contributed by atoms with Crippen molar-refractivity contribution in [3.05, 3.63) is 59.2 Å². The molecule has 0 spiro atoms. The Kier molecular flexibility index (Phi) is 7.61.